The molecule has 0 aromatic heterocycles. The van der Waals surface area contributed by atoms with E-state index in [1.165, 1.54) is 19.1 Å². The van der Waals surface area contributed by atoms with Crippen molar-refractivity contribution in [1.29, 1.82) is 5.26 Å². The molecular weight excluding hydrogens is 298 g/mol. The minimum absolute atomic E-state index is 0.00793. The fourth-order valence-corrected chi connectivity index (χ4v) is 2.97. The number of hydrogen-bond acceptors (Lipinski definition) is 3. The van der Waals surface area contributed by atoms with Crippen LogP contribution in [0.3, 0.4) is 0 Å². The zero-order chi connectivity index (χ0) is 16.6. The van der Waals surface area contributed by atoms with Crippen LogP contribution in [-0.4, -0.2) is 23.8 Å². The summed E-state index contributed by atoms with van der Waals surface area (Å²) in [5, 5.41) is 21.4. The molecule has 0 aliphatic carbocycles. The Labute approximate surface area is 133 Å². The molecule has 0 bridgehead atoms. The van der Waals surface area contributed by atoms with Crippen molar-refractivity contribution in [2.45, 2.75) is 24.9 Å². The standard InChI is InChI=1S/C18H16F2N2O/c1-10-14(19)6-13(7-15(10)20)11-2-4-12(5-3-11)18-16(8-21)22-17(18)9-23/h2-7,16-18,22-23H,9H2,1H3/t16-,17-,18-/m0/s1. The Morgan fingerprint density at radius 2 is 1.74 bits per heavy atom. The predicted molar refractivity (Wildman–Crippen MR) is 82.7 cm³/mol. The maximum Gasteiger partial charge on any atom is 0.129 e. The van der Waals surface area contributed by atoms with Crippen LogP contribution in [0.5, 0.6) is 0 Å². The van der Waals surface area contributed by atoms with Gasteiger partial charge in [-0.05, 0) is 35.7 Å². The van der Waals surface area contributed by atoms with Gasteiger partial charge in [0, 0.05) is 17.5 Å². The number of aliphatic hydroxyl groups excluding tert-OH is 1. The van der Waals surface area contributed by atoms with Crippen LogP contribution in [0.25, 0.3) is 11.1 Å². The first kappa shape index (κ1) is 15.6. The Kier molecular flexibility index (Phi) is 4.12. The molecule has 1 fully saturated rings. The first-order chi connectivity index (χ1) is 11.0. The van der Waals surface area contributed by atoms with E-state index in [1.54, 1.807) is 12.1 Å². The van der Waals surface area contributed by atoms with Gasteiger partial charge >= 0.3 is 0 Å². The van der Waals surface area contributed by atoms with E-state index in [1.807, 2.05) is 12.1 Å². The van der Waals surface area contributed by atoms with Gasteiger partial charge in [-0.3, -0.25) is 5.32 Å². The van der Waals surface area contributed by atoms with Gasteiger partial charge in [-0.1, -0.05) is 24.3 Å². The first-order valence-electron chi connectivity index (χ1n) is 7.37. The zero-order valence-electron chi connectivity index (χ0n) is 12.6. The van der Waals surface area contributed by atoms with Crippen LogP contribution in [-0.2, 0) is 0 Å². The van der Waals surface area contributed by atoms with Crippen molar-refractivity contribution in [2.24, 2.45) is 0 Å². The van der Waals surface area contributed by atoms with E-state index in [4.69, 9.17) is 5.26 Å². The second-order valence-electron chi connectivity index (χ2n) is 5.78. The molecule has 1 aliphatic rings. The highest BCUT2D eigenvalue weighted by molar-refractivity contribution is 5.64. The third kappa shape index (κ3) is 2.72. The molecule has 3 atom stereocenters. The van der Waals surface area contributed by atoms with E-state index in [0.717, 1.165) is 5.56 Å². The lowest BCUT2D eigenvalue weighted by atomic mass is 9.78. The van der Waals surface area contributed by atoms with Crippen molar-refractivity contribution in [2.75, 3.05) is 6.61 Å². The van der Waals surface area contributed by atoms with E-state index >= 15 is 0 Å². The average Bonchev–Trinajstić information content (AvgIpc) is 2.53. The fourth-order valence-electron chi connectivity index (χ4n) is 2.97. The summed E-state index contributed by atoms with van der Waals surface area (Å²) in [6.45, 7) is 1.36. The second-order valence-corrected chi connectivity index (χ2v) is 5.78. The quantitative estimate of drug-likeness (QED) is 0.916. The lowest BCUT2D eigenvalue weighted by Gasteiger charge is -2.41. The van der Waals surface area contributed by atoms with Crippen LogP contribution in [0, 0.1) is 29.9 Å². The highest BCUT2D eigenvalue weighted by atomic mass is 19.1. The lowest BCUT2D eigenvalue weighted by molar-refractivity contribution is 0.151. The normalized spacial score (nSPS) is 23.2. The van der Waals surface area contributed by atoms with Crippen LogP contribution in [0.15, 0.2) is 36.4 Å². The smallest absolute Gasteiger partial charge is 0.129 e. The zero-order valence-corrected chi connectivity index (χ0v) is 12.6. The van der Waals surface area contributed by atoms with Crippen molar-refractivity contribution in [3.05, 3.63) is 59.2 Å². The van der Waals surface area contributed by atoms with Crippen molar-refractivity contribution in [1.82, 2.24) is 5.32 Å². The number of aliphatic hydroxyl groups is 1. The van der Waals surface area contributed by atoms with Crippen LogP contribution < -0.4 is 5.32 Å². The van der Waals surface area contributed by atoms with Gasteiger partial charge in [0.1, 0.15) is 17.7 Å². The van der Waals surface area contributed by atoms with E-state index in [9.17, 15) is 13.9 Å². The van der Waals surface area contributed by atoms with E-state index < -0.39 is 11.6 Å². The summed E-state index contributed by atoms with van der Waals surface area (Å²) >= 11 is 0. The third-order valence-electron chi connectivity index (χ3n) is 4.43. The molecule has 2 N–H and O–H groups in total. The molecule has 5 heteroatoms. The summed E-state index contributed by atoms with van der Waals surface area (Å²) < 4.78 is 27.4. The highest BCUT2D eigenvalue weighted by Gasteiger charge is 2.41. The minimum atomic E-state index is -0.572. The number of rotatable bonds is 3. The Bertz CT molecular complexity index is 745. The molecule has 0 radical (unpaired) electrons. The molecule has 0 unspecified atom stereocenters. The maximum atomic E-state index is 13.7. The first-order valence-corrected chi connectivity index (χ1v) is 7.37. The van der Waals surface area contributed by atoms with Gasteiger partial charge < -0.3 is 5.11 Å². The summed E-state index contributed by atoms with van der Waals surface area (Å²) in [5.41, 5.74) is 2.10. The molecule has 1 saturated heterocycles. The van der Waals surface area contributed by atoms with E-state index in [2.05, 4.69) is 11.4 Å². The molecule has 118 valence electrons. The summed E-state index contributed by atoms with van der Waals surface area (Å²) in [5.74, 6) is -1.22. The summed E-state index contributed by atoms with van der Waals surface area (Å²) in [7, 11) is 0. The van der Waals surface area contributed by atoms with Gasteiger partial charge in [0.05, 0.1) is 12.7 Å². The molecule has 23 heavy (non-hydrogen) atoms. The monoisotopic (exact) mass is 314 g/mol. The number of nitrogens with one attached hydrogen (secondary N) is 1. The third-order valence-corrected chi connectivity index (χ3v) is 4.43. The SMILES string of the molecule is Cc1c(F)cc(-c2ccc([C@H]3[C@H](C#N)N[C@H]3CO)cc2)cc1F. The molecule has 2 aromatic carbocycles. The van der Waals surface area contributed by atoms with Crippen molar-refractivity contribution < 1.29 is 13.9 Å². The Balaban J connectivity index is 1.90. The largest absolute Gasteiger partial charge is 0.395 e. The average molecular weight is 314 g/mol. The summed E-state index contributed by atoms with van der Waals surface area (Å²) in [6.07, 6.45) is 0. The Hall–Kier alpha value is -2.29. The van der Waals surface area contributed by atoms with Gasteiger partial charge in [-0.15, -0.1) is 0 Å². The molecule has 3 nitrogen and oxygen atoms in total. The topological polar surface area (TPSA) is 56.0 Å². The molecule has 0 saturated carbocycles. The summed E-state index contributed by atoms with van der Waals surface area (Å²) in [4.78, 5) is 0. The Morgan fingerprint density at radius 3 is 2.26 bits per heavy atom. The maximum absolute atomic E-state index is 13.7. The van der Waals surface area contributed by atoms with Crippen molar-refractivity contribution >= 4 is 0 Å². The lowest BCUT2D eigenvalue weighted by Crippen LogP contribution is -2.60. The molecule has 2 aromatic rings. The fraction of sp³-hybridized carbons (Fsp3) is 0.278. The predicted octanol–water partition coefficient (Wildman–Crippen LogP) is 2.88. The van der Waals surface area contributed by atoms with Crippen LogP contribution >= 0.6 is 0 Å². The van der Waals surface area contributed by atoms with Gasteiger partial charge in [0.25, 0.3) is 0 Å². The molecule has 3 rings (SSSR count). The van der Waals surface area contributed by atoms with Crippen LogP contribution in [0.1, 0.15) is 17.0 Å². The van der Waals surface area contributed by atoms with Gasteiger partial charge in [-0.25, -0.2) is 8.78 Å². The van der Waals surface area contributed by atoms with Gasteiger partial charge in [0.2, 0.25) is 0 Å². The van der Waals surface area contributed by atoms with Gasteiger partial charge in [0.15, 0.2) is 0 Å². The van der Waals surface area contributed by atoms with E-state index in [-0.39, 0.29) is 30.2 Å². The number of hydrogen-bond donors (Lipinski definition) is 2. The summed E-state index contributed by atoms with van der Waals surface area (Å²) in [6, 6.07) is 11.5. The number of nitrogens with zero attached hydrogens (tertiary/aromatic N) is 1. The van der Waals surface area contributed by atoms with E-state index in [0.29, 0.717) is 11.1 Å². The van der Waals surface area contributed by atoms with Crippen LogP contribution in [0.4, 0.5) is 8.78 Å². The van der Waals surface area contributed by atoms with Crippen molar-refractivity contribution in [3.63, 3.8) is 0 Å². The second kappa shape index (κ2) is 6.07. The molecular formula is C18H16F2N2O. The van der Waals surface area contributed by atoms with Crippen LogP contribution in [0.2, 0.25) is 0 Å². The molecule has 1 aliphatic heterocycles. The Morgan fingerprint density at radius 1 is 1.13 bits per heavy atom. The number of benzene rings is 2. The molecule has 0 amide bonds. The molecule has 1 heterocycles. The van der Waals surface area contributed by atoms with Crippen molar-refractivity contribution in [3.8, 4) is 17.2 Å². The minimum Gasteiger partial charge on any atom is -0.395 e. The molecule has 0 spiro atoms. The number of halogens is 2. The van der Waals surface area contributed by atoms with Gasteiger partial charge in [-0.2, -0.15) is 5.26 Å². The number of nitriles is 1. The highest BCUT2D eigenvalue weighted by Crippen LogP contribution is 2.33.